The fraction of sp³-hybridized carbons (Fsp3) is 1.00. The Morgan fingerprint density at radius 1 is 0.600 bits per heavy atom. The van der Waals surface area contributed by atoms with Crippen LogP contribution in [0.1, 0.15) is 27.7 Å². The summed E-state index contributed by atoms with van der Waals surface area (Å²) >= 11 is 0. The minimum Gasteiger partial charge on any atom is -0.366 e. The van der Waals surface area contributed by atoms with E-state index in [0.29, 0.717) is 0 Å². The van der Waals surface area contributed by atoms with E-state index in [-0.39, 0.29) is 0 Å². The molecular weight excluding hydrogens is 136 g/mol. The van der Waals surface area contributed by atoms with Crippen LogP contribution < -0.4 is 0 Å². The van der Waals surface area contributed by atoms with Crippen LogP contribution in [0, 0.1) is 0 Å². The Balaban J connectivity index is 0. The van der Waals surface area contributed by atoms with Crippen LogP contribution >= 0.6 is 0 Å². The van der Waals surface area contributed by atoms with Crippen molar-refractivity contribution in [1.29, 1.82) is 0 Å². The van der Waals surface area contributed by atoms with E-state index in [4.69, 9.17) is 20.4 Å². The molecule has 0 heterocycles. The standard InChI is InChI=1S/2C3H8O2/c2*1-3(2,4)5/h2*4-5H,1-2H3. The predicted molar refractivity (Wildman–Crippen MR) is 37.0 cm³/mol. The molecule has 4 N–H and O–H groups in total. The van der Waals surface area contributed by atoms with Crippen molar-refractivity contribution in [3.05, 3.63) is 0 Å². The average molecular weight is 152 g/mol. The van der Waals surface area contributed by atoms with Crippen molar-refractivity contribution in [1.82, 2.24) is 0 Å². The summed E-state index contributed by atoms with van der Waals surface area (Å²) in [6, 6.07) is 0. The maximum atomic E-state index is 8.08. The molecule has 0 unspecified atom stereocenters. The maximum Gasteiger partial charge on any atom is 0.156 e. The SMILES string of the molecule is CC(C)(O)O.CC(C)(O)O. The molecule has 0 spiro atoms. The van der Waals surface area contributed by atoms with E-state index in [0.717, 1.165) is 0 Å². The van der Waals surface area contributed by atoms with Gasteiger partial charge in [-0.05, 0) is 27.7 Å². The second kappa shape index (κ2) is 3.88. The molecule has 0 saturated heterocycles. The molecule has 0 aromatic heterocycles. The van der Waals surface area contributed by atoms with Crippen LogP contribution in [-0.4, -0.2) is 32.0 Å². The molecule has 0 aromatic rings. The summed E-state index contributed by atoms with van der Waals surface area (Å²) in [5, 5.41) is 32.3. The van der Waals surface area contributed by atoms with Gasteiger partial charge in [-0.1, -0.05) is 0 Å². The summed E-state index contributed by atoms with van der Waals surface area (Å²) in [4.78, 5) is 0. The zero-order chi connectivity index (χ0) is 9.00. The van der Waals surface area contributed by atoms with Gasteiger partial charge >= 0.3 is 0 Å². The van der Waals surface area contributed by atoms with E-state index in [1.807, 2.05) is 0 Å². The first-order valence-corrected chi connectivity index (χ1v) is 2.89. The molecule has 0 bridgehead atoms. The molecule has 0 fully saturated rings. The van der Waals surface area contributed by atoms with E-state index in [9.17, 15) is 0 Å². The molecule has 10 heavy (non-hydrogen) atoms. The topological polar surface area (TPSA) is 80.9 Å². The largest absolute Gasteiger partial charge is 0.366 e. The van der Waals surface area contributed by atoms with Gasteiger partial charge in [-0.3, -0.25) is 0 Å². The monoisotopic (exact) mass is 152 g/mol. The van der Waals surface area contributed by atoms with E-state index in [2.05, 4.69) is 0 Å². The molecule has 4 nitrogen and oxygen atoms in total. The Morgan fingerprint density at radius 3 is 0.600 bits per heavy atom. The molecule has 0 aliphatic heterocycles. The minimum absolute atomic E-state index is 1.30. The van der Waals surface area contributed by atoms with Gasteiger partial charge < -0.3 is 20.4 Å². The maximum absolute atomic E-state index is 8.08. The van der Waals surface area contributed by atoms with Gasteiger partial charge in [0.2, 0.25) is 0 Å². The van der Waals surface area contributed by atoms with Crippen molar-refractivity contribution in [2.75, 3.05) is 0 Å². The molecular formula is C6H16O4. The first kappa shape index (κ1) is 12.5. The smallest absolute Gasteiger partial charge is 0.156 e. The van der Waals surface area contributed by atoms with Gasteiger partial charge in [-0.2, -0.15) is 0 Å². The third kappa shape index (κ3) is 14300. The number of aliphatic hydroxyl groups is 4. The van der Waals surface area contributed by atoms with Crippen LogP contribution in [0.5, 0.6) is 0 Å². The zero-order valence-electron chi connectivity index (χ0n) is 6.79. The predicted octanol–water partition coefficient (Wildman–Crippen LogP) is -0.586. The summed E-state index contributed by atoms with van der Waals surface area (Å²) in [7, 11) is 0. The second-order valence-corrected chi connectivity index (χ2v) is 2.99. The van der Waals surface area contributed by atoms with Gasteiger partial charge in [0.25, 0.3) is 0 Å². The Kier molecular flexibility index (Phi) is 4.85. The highest BCUT2D eigenvalue weighted by atomic mass is 16.5. The van der Waals surface area contributed by atoms with Gasteiger partial charge in [-0.25, -0.2) is 0 Å². The lowest BCUT2D eigenvalue weighted by Gasteiger charge is -2.03. The third-order valence-electron chi connectivity index (χ3n) is 0. The minimum atomic E-state index is -1.50. The fourth-order valence-corrected chi connectivity index (χ4v) is 0. The van der Waals surface area contributed by atoms with Crippen LogP contribution in [0.2, 0.25) is 0 Å². The number of hydrogen-bond donors (Lipinski definition) is 4. The number of rotatable bonds is 0. The summed E-state index contributed by atoms with van der Waals surface area (Å²) in [5.41, 5.74) is 0. The molecule has 0 atom stereocenters. The lowest BCUT2D eigenvalue weighted by atomic mass is 10.4. The number of hydrogen-bond acceptors (Lipinski definition) is 4. The van der Waals surface area contributed by atoms with Crippen LogP contribution in [0.15, 0.2) is 0 Å². The molecule has 0 rings (SSSR count). The fourth-order valence-electron chi connectivity index (χ4n) is 0. The van der Waals surface area contributed by atoms with Crippen molar-refractivity contribution in [2.24, 2.45) is 0 Å². The van der Waals surface area contributed by atoms with Gasteiger partial charge in [-0.15, -0.1) is 0 Å². The van der Waals surface area contributed by atoms with Gasteiger partial charge in [0.15, 0.2) is 11.6 Å². The highest BCUT2D eigenvalue weighted by molar-refractivity contribution is 4.37. The molecule has 0 aliphatic rings. The molecule has 0 saturated carbocycles. The Labute approximate surface area is 60.7 Å². The zero-order valence-corrected chi connectivity index (χ0v) is 6.79. The molecule has 64 valence electrons. The van der Waals surface area contributed by atoms with E-state index >= 15 is 0 Å². The Morgan fingerprint density at radius 2 is 0.600 bits per heavy atom. The molecule has 0 aromatic carbocycles. The highest BCUT2D eigenvalue weighted by Crippen LogP contribution is 1.88. The van der Waals surface area contributed by atoms with Gasteiger partial charge in [0.1, 0.15) is 0 Å². The van der Waals surface area contributed by atoms with E-state index in [1.165, 1.54) is 27.7 Å². The quantitative estimate of drug-likeness (QED) is 0.350. The summed E-state index contributed by atoms with van der Waals surface area (Å²) < 4.78 is 0. The average Bonchev–Trinajstić information content (AvgIpc) is 1.12. The van der Waals surface area contributed by atoms with E-state index in [1.54, 1.807) is 0 Å². The highest BCUT2D eigenvalue weighted by Gasteiger charge is 2.00. The van der Waals surface area contributed by atoms with E-state index < -0.39 is 11.6 Å². The summed E-state index contributed by atoms with van der Waals surface area (Å²) in [5.74, 6) is -3.00. The Bertz CT molecular complexity index is 52.7. The molecule has 4 heteroatoms. The molecule has 0 aliphatic carbocycles. The van der Waals surface area contributed by atoms with Crippen molar-refractivity contribution < 1.29 is 20.4 Å². The summed E-state index contributed by atoms with van der Waals surface area (Å²) in [6.07, 6.45) is 0. The lowest BCUT2D eigenvalue weighted by molar-refractivity contribution is -0.128. The first-order chi connectivity index (χ1) is 4.00. The lowest BCUT2D eigenvalue weighted by Crippen LogP contribution is -2.15. The van der Waals surface area contributed by atoms with Crippen molar-refractivity contribution in [3.8, 4) is 0 Å². The van der Waals surface area contributed by atoms with Crippen LogP contribution in [0.3, 0.4) is 0 Å². The van der Waals surface area contributed by atoms with Gasteiger partial charge in [0, 0.05) is 0 Å². The van der Waals surface area contributed by atoms with Gasteiger partial charge in [0.05, 0.1) is 0 Å². The molecule has 0 amide bonds. The van der Waals surface area contributed by atoms with Crippen LogP contribution in [-0.2, 0) is 0 Å². The van der Waals surface area contributed by atoms with Crippen molar-refractivity contribution in [3.63, 3.8) is 0 Å². The molecule has 0 radical (unpaired) electrons. The normalized spacial score (nSPS) is 12.0. The van der Waals surface area contributed by atoms with Crippen molar-refractivity contribution >= 4 is 0 Å². The second-order valence-electron chi connectivity index (χ2n) is 2.99. The third-order valence-corrected chi connectivity index (χ3v) is 0. The van der Waals surface area contributed by atoms with Crippen LogP contribution in [0.4, 0.5) is 0 Å². The first-order valence-electron chi connectivity index (χ1n) is 2.89. The summed E-state index contributed by atoms with van der Waals surface area (Å²) in [6.45, 7) is 5.19. The Hall–Kier alpha value is -0.160. The van der Waals surface area contributed by atoms with Crippen molar-refractivity contribution in [2.45, 2.75) is 39.3 Å². The van der Waals surface area contributed by atoms with Crippen LogP contribution in [0.25, 0.3) is 0 Å².